The molecule has 0 bridgehead atoms. The first-order chi connectivity index (χ1) is 15.5. The molecule has 14 heteroatoms. The van der Waals surface area contributed by atoms with Crippen molar-refractivity contribution in [2.75, 3.05) is 31.6 Å². The number of hydrogen-bond acceptors (Lipinski definition) is 8. The standard InChI is InChI=1S/C19H32N6O6S2/c1-10(16(28)24-12(8-32)17(29)20-3)22-19(31)14-5-4-6-25(14)15(27)7-21-18(30)13(9-33)23-11(2)26/h10,12-14,32-33H,4-9H2,1-3H3,(H,20,29)(H,21,30)(H,22,31)(H,23,26)(H,24,28)/t10-,12-,13-,14-/m0/s1. The van der Waals surface area contributed by atoms with E-state index in [2.05, 4.69) is 51.8 Å². The number of amides is 6. The fourth-order valence-electron chi connectivity index (χ4n) is 3.20. The van der Waals surface area contributed by atoms with Crippen LogP contribution in [0.4, 0.5) is 0 Å². The molecule has 1 aliphatic rings. The van der Waals surface area contributed by atoms with Crippen LogP contribution < -0.4 is 26.6 Å². The molecule has 1 saturated heterocycles. The fraction of sp³-hybridized carbons (Fsp3) is 0.684. The maximum absolute atomic E-state index is 12.7. The van der Waals surface area contributed by atoms with E-state index in [1.165, 1.54) is 25.8 Å². The van der Waals surface area contributed by atoms with E-state index in [9.17, 15) is 28.8 Å². The first-order valence-corrected chi connectivity index (χ1v) is 11.7. The van der Waals surface area contributed by atoms with Crippen LogP contribution in [-0.2, 0) is 28.8 Å². The van der Waals surface area contributed by atoms with Gasteiger partial charge < -0.3 is 31.5 Å². The third-order valence-electron chi connectivity index (χ3n) is 4.98. The summed E-state index contributed by atoms with van der Waals surface area (Å²) in [5.74, 6) is -2.77. The van der Waals surface area contributed by atoms with Crippen LogP contribution in [-0.4, -0.2) is 96.2 Å². The molecular formula is C19H32N6O6S2. The lowest BCUT2D eigenvalue weighted by molar-refractivity contribution is -0.140. The number of carbonyl (C=O) groups excluding carboxylic acids is 6. The summed E-state index contributed by atoms with van der Waals surface area (Å²) in [5.41, 5.74) is 0. The summed E-state index contributed by atoms with van der Waals surface area (Å²) >= 11 is 8.05. The number of likely N-dealkylation sites (tertiary alicyclic amines) is 1. The van der Waals surface area contributed by atoms with Gasteiger partial charge >= 0.3 is 0 Å². The van der Waals surface area contributed by atoms with Crippen molar-refractivity contribution in [1.82, 2.24) is 31.5 Å². The van der Waals surface area contributed by atoms with Crippen LogP contribution in [0.5, 0.6) is 0 Å². The number of carbonyl (C=O) groups is 6. The average molecular weight is 505 g/mol. The van der Waals surface area contributed by atoms with Gasteiger partial charge in [-0.2, -0.15) is 25.3 Å². The Morgan fingerprint density at radius 3 is 2.09 bits per heavy atom. The van der Waals surface area contributed by atoms with Crippen molar-refractivity contribution >= 4 is 60.7 Å². The molecule has 0 aliphatic carbocycles. The monoisotopic (exact) mass is 504 g/mol. The normalized spacial score (nSPS) is 17.8. The first-order valence-electron chi connectivity index (χ1n) is 10.4. The molecule has 0 aromatic rings. The van der Waals surface area contributed by atoms with Gasteiger partial charge in [-0.3, -0.25) is 28.8 Å². The molecule has 1 heterocycles. The summed E-state index contributed by atoms with van der Waals surface area (Å²) in [6.45, 7) is 2.71. The van der Waals surface area contributed by atoms with Crippen LogP contribution in [0, 0.1) is 0 Å². The van der Waals surface area contributed by atoms with Crippen LogP contribution in [0.3, 0.4) is 0 Å². The lowest BCUT2D eigenvalue weighted by atomic mass is 10.1. The zero-order valence-electron chi connectivity index (χ0n) is 18.8. The second-order valence-corrected chi connectivity index (χ2v) is 8.22. The number of likely N-dealkylation sites (N-methyl/N-ethyl adjacent to an activating group) is 1. The van der Waals surface area contributed by atoms with Crippen molar-refractivity contribution in [1.29, 1.82) is 0 Å². The molecule has 33 heavy (non-hydrogen) atoms. The van der Waals surface area contributed by atoms with Gasteiger partial charge in [0.25, 0.3) is 0 Å². The van der Waals surface area contributed by atoms with E-state index in [1.54, 1.807) is 0 Å². The van der Waals surface area contributed by atoms with Crippen LogP contribution in [0.25, 0.3) is 0 Å². The Hall–Kier alpha value is -2.48. The number of thiol groups is 2. The molecule has 0 aromatic carbocycles. The van der Waals surface area contributed by atoms with E-state index in [0.29, 0.717) is 19.4 Å². The third kappa shape index (κ3) is 8.76. The van der Waals surface area contributed by atoms with Gasteiger partial charge in [-0.1, -0.05) is 0 Å². The molecule has 6 amide bonds. The summed E-state index contributed by atoms with van der Waals surface area (Å²) in [6.07, 6.45) is 0.991. The second-order valence-electron chi connectivity index (χ2n) is 7.49. The average Bonchev–Trinajstić information content (AvgIpc) is 3.28. The zero-order chi connectivity index (χ0) is 25.1. The van der Waals surface area contributed by atoms with Gasteiger partial charge in [0.1, 0.15) is 24.2 Å². The first kappa shape index (κ1) is 28.6. The minimum atomic E-state index is -0.949. The number of hydrogen-bond donors (Lipinski definition) is 7. The van der Waals surface area contributed by atoms with Gasteiger partial charge in [-0.15, -0.1) is 0 Å². The van der Waals surface area contributed by atoms with Gasteiger partial charge in [-0.05, 0) is 19.8 Å². The predicted octanol–water partition coefficient (Wildman–Crippen LogP) is -2.81. The Morgan fingerprint density at radius 2 is 1.55 bits per heavy atom. The molecule has 0 saturated carbocycles. The molecule has 0 unspecified atom stereocenters. The van der Waals surface area contributed by atoms with Crippen LogP contribution in [0.15, 0.2) is 0 Å². The molecule has 0 radical (unpaired) electrons. The summed E-state index contributed by atoms with van der Waals surface area (Å²) in [5, 5.41) is 12.3. The molecule has 186 valence electrons. The smallest absolute Gasteiger partial charge is 0.243 e. The minimum absolute atomic E-state index is 0.0578. The number of nitrogens with one attached hydrogen (secondary N) is 5. The molecule has 1 rings (SSSR count). The fourth-order valence-corrected chi connectivity index (χ4v) is 3.72. The van der Waals surface area contributed by atoms with Crippen molar-refractivity contribution in [2.24, 2.45) is 0 Å². The molecule has 0 spiro atoms. The molecule has 12 nitrogen and oxygen atoms in total. The highest BCUT2D eigenvalue weighted by atomic mass is 32.1. The lowest BCUT2D eigenvalue weighted by Crippen LogP contribution is -2.56. The van der Waals surface area contributed by atoms with E-state index in [1.807, 2.05) is 0 Å². The molecule has 5 N–H and O–H groups in total. The maximum atomic E-state index is 12.7. The highest BCUT2D eigenvalue weighted by Gasteiger charge is 2.35. The Labute approximate surface area is 203 Å². The van der Waals surface area contributed by atoms with Gasteiger partial charge in [0.2, 0.25) is 35.4 Å². The summed E-state index contributed by atoms with van der Waals surface area (Å²) in [6, 6.07) is -3.47. The summed E-state index contributed by atoms with van der Waals surface area (Å²) in [7, 11) is 1.43. The Balaban J connectivity index is 2.64. The lowest BCUT2D eigenvalue weighted by Gasteiger charge is -2.26. The Morgan fingerprint density at radius 1 is 0.939 bits per heavy atom. The van der Waals surface area contributed by atoms with Crippen LogP contribution >= 0.6 is 25.3 Å². The van der Waals surface area contributed by atoms with Crippen LogP contribution in [0.1, 0.15) is 26.7 Å². The minimum Gasteiger partial charge on any atom is -0.357 e. The Kier molecular flexibility index (Phi) is 12.1. The topological polar surface area (TPSA) is 166 Å². The quantitative estimate of drug-likeness (QED) is 0.150. The van der Waals surface area contributed by atoms with Crippen molar-refractivity contribution in [3.8, 4) is 0 Å². The molecule has 1 fully saturated rings. The maximum Gasteiger partial charge on any atom is 0.243 e. The second kappa shape index (κ2) is 13.9. The number of rotatable bonds is 11. The van der Waals surface area contributed by atoms with E-state index in [-0.39, 0.29) is 18.1 Å². The SMILES string of the molecule is CNC(=O)[C@H](CS)NC(=O)[C@H](C)NC(=O)[C@@H]1CCCN1C(=O)CNC(=O)[C@H](CS)NC(C)=O. The number of nitrogens with zero attached hydrogens (tertiary/aromatic N) is 1. The van der Waals surface area contributed by atoms with Gasteiger partial charge in [0.05, 0.1) is 6.54 Å². The van der Waals surface area contributed by atoms with Crippen LogP contribution in [0.2, 0.25) is 0 Å². The molecule has 1 aliphatic heterocycles. The van der Waals surface area contributed by atoms with Gasteiger partial charge in [0.15, 0.2) is 0 Å². The van der Waals surface area contributed by atoms with Crippen molar-refractivity contribution < 1.29 is 28.8 Å². The van der Waals surface area contributed by atoms with Crippen molar-refractivity contribution in [2.45, 2.75) is 50.9 Å². The Bertz CT molecular complexity index is 767. The van der Waals surface area contributed by atoms with E-state index in [4.69, 9.17) is 0 Å². The highest BCUT2D eigenvalue weighted by molar-refractivity contribution is 7.80. The molecule has 0 aromatic heterocycles. The largest absolute Gasteiger partial charge is 0.357 e. The van der Waals surface area contributed by atoms with E-state index < -0.39 is 59.6 Å². The van der Waals surface area contributed by atoms with Crippen molar-refractivity contribution in [3.05, 3.63) is 0 Å². The van der Waals surface area contributed by atoms with Gasteiger partial charge in [0, 0.05) is 32.0 Å². The third-order valence-corrected chi connectivity index (χ3v) is 5.71. The van der Waals surface area contributed by atoms with E-state index in [0.717, 1.165) is 0 Å². The predicted molar refractivity (Wildman–Crippen MR) is 127 cm³/mol. The summed E-state index contributed by atoms with van der Waals surface area (Å²) in [4.78, 5) is 74.0. The van der Waals surface area contributed by atoms with E-state index >= 15 is 0 Å². The van der Waals surface area contributed by atoms with Gasteiger partial charge in [-0.25, -0.2) is 0 Å². The molecule has 4 atom stereocenters. The summed E-state index contributed by atoms with van der Waals surface area (Å²) < 4.78 is 0. The molecular weight excluding hydrogens is 472 g/mol. The zero-order valence-corrected chi connectivity index (χ0v) is 20.6. The highest BCUT2D eigenvalue weighted by Crippen LogP contribution is 2.17. The van der Waals surface area contributed by atoms with Crippen molar-refractivity contribution in [3.63, 3.8) is 0 Å².